The molecule has 0 radical (unpaired) electrons. The molecule has 1 heterocycles. The van der Waals surface area contributed by atoms with Crippen molar-refractivity contribution in [3.63, 3.8) is 0 Å². The minimum atomic E-state index is -1.27. The van der Waals surface area contributed by atoms with E-state index in [0.717, 1.165) is 16.5 Å². The summed E-state index contributed by atoms with van der Waals surface area (Å²) in [7, 11) is 0. The summed E-state index contributed by atoms with van der Waals surface area (Å²) in [6, 6.07) is 9.42. The van der Waals surface area contributed by atoms with Crippen LogP contribution in [0, 0.1) is 5.92 Å². The van der Waals surface area contributed by atoms with Crippen molar-refractivity contribution >= 4 is 34.6 Å². The molecule has 232 valence electrons. The molecule has 0 unspecified atom stereocenters. The number of H-pyrrole nitrogens is 1. The van der Waals surface area contributed by atoms with Gasteiger partial charge in [0.1, 0.15) is 23.9 Å². The maximum absolute atomic E-state index is 13.4. The lowest BCUT2D eigenvalue weighted by molar-refractivity contribution is -0.142. The molecule has 3 amide bonds. The van der Waals surface area contributed by atoms with E-state index in [4.69, 9.17) is 11.5 Å². The van der Waals surface area contributed by atoms with Crippen LogP contribution in [0.3, 0.4) is 0 Å². The number of carboxylic acid groups (broad SMARTS) is 1. The zero-order valence-electron chi connectivity index (χ0n) is 24.5. The number of carbonyl (C=O) groups excluding carboxylic acids is 3. The fourth-order valence-electron chi connectivity index (χ4n) is 4.79. The Labute approximate surface area is 250 Å². The summed E-state index contributed by atoms with van der Waals surface area (Å²) < 4.78 is 0. The molecule has 12 heteroatoms. The fourth-order valence-corrected chi connectivity index (χ4v) is 4.79. The number of benzene rings is 2. The average molecular weight is 595 g/mol. The SMILES string of the molecule is CC(C)[C@H](NC(=O)[C@H](CCCCN)NC(=O)[C@@H](N)Cc1c[nH]c2ccccc12)C(=O)N[C@@H](Cc1ccc(O)cc1)C(=O)O. The van der Waals surface area contributed by atoms with Crippen LogP contribution >= 0.6 is 0 Å². The van der Waals surface area contributed by atoms with Crippen molar-refractivity contribution in [3.8, 4) is 5.75 Å². The highest BCUT2D eigenvalue weighted by atomic mass is 16.4. The molecular formula is C31H42N6O6. The number of carboxylic acids is 1. The topological polar surface area (TPSA) is 213 Å². The van der Waals surface area contributed by atoms with Gasteiger partial charge in [-0.05, 0) is 67.5 Å². The van der Waals surface area contributed by atoms with Crippen LogP contribution in [0.2, 0.25) is 0 Å². The van der Waals surface area contributed by atoms with Crippen LogP contribution < -0.4 is 27.4 Å². The Hall–Kier alpha value is -4.42. The van der Waals surface area contributed by atoms with Crippen molar-refractivity contribution in [3.05, 3.63) is 65.9 Å². The zero-order chi connectivity index (χ0) is 31.5. The van der Waals surface area contributed by atoms with Gasteiger partial charge in [0.25, 0.3) is 0 Å². The van der Waals surface area contributed by atoms with E-state index in [1.54, 1.807) is 32.2 Å². The first-order valence-electron chi connectivity index (χ1n) is 14.4. The van der Waals surface area contributed by atoms with Crippen molar-refractivity contribution in [1.29, 1.82) is 0 Å². The number of phenolic OH excluding ortho intramolecular Hbond substituents is 1. The van der Waals surface area contributed by atoms with Gasteiger partial charge in [-0.1, -0.05) is 44.2 Å². The fraction of sp³-hybridized carbons (Fsp3) is 0.419. The van der Waals surface area contributed by atoms with Gasteiger partial charge in [0, 0.05) is 23.5 Å². The largest absolute Gasteiger partial charge is 0.508 e. The standard InChI is InChI=1S/C31H42N6O6/c1-18(2)27(30(41)36-26(31(42)43)15-19-10-12-21(38)13-11-19)37-29(40)25(9-5-6-14-32)35-28(39)23(33)16-20-17-34-24-8-4-3-7-22(20)24/h3-4,7-8,10-13,17-18,23,25-27,34,38H,5-6,9,14-16,32-33H2,1-2H3,(H,35,39)(H,36,41)(H,37,40)(H,42,43)/t23-,25-,26-,27-/m0/s1. The number of unbranched alkanes of at least 4 members (excludes halogenated alkanes) is 1. The number of hydrogen-bond acceptors (Lipinski definition) is 7. The highest BCUT2D eigenvalue weighted by Crippen LogP contribution is 2.19. The van der Waals surface area contributed by atoms with E-state index < -0.39 is 53.8 Å². The van der Waals surface area contributed by atoms with Crippen LogP contribution in [0.15, 0.2) is 54.7 Å². The summed E-state index contributed by atoms with van der Waals surface area (Å²) in [5.41, 5.74) is 14.3. The van der Waals surface area contributed by atoms with Crippen LogP contribution in [-0.2, 0) is 32.0 Å². The van der Waals surface area contributed by atoms with Crippen molar-refractivity contribution in [2.24, 2.45) is 17.4 Å². The molecule has 0 aliphatic heterocycles. The van der Waals surface area contributed by atoms with Crippen LogP contribution in [0.25, 0.3) is 10.9 Å². The number of fused-ring (bicyclic) bond motifs is 1. The van der Waals surface area contributed by atoms with Gasteiger partial charge in [0.2, 0.25) is 17.7 Å². The smallest absolute Gasteiger partial charge is 0.326 e. The molecule has 0 aliphatic carbocycles. The van der Waals surface area contributed by atoms with Crippen LogP contribution in [0.5, 0.6) is 5.75 Å². The van der Waals surface area contributed by atoms with E-state index in [2.05, 4.69) is 20.9 Å². The summed E-state index contributed by atoms with van der Waals surface area (Å²) in [6.45, 7) is 3.86. The number of nitrogens with one attached hydrogen (secondary N) is 4. The molecule has 4 atom stereocenters. The number of nitrogens with two attached hydrogens (primary N) is 2. The lowest BCUT2D eigenvalue weighted by atomic mass is 10.00. The third-order valence-electron chi connectivity index (χ3n) is 7.27. The Kier molecular flexibility index (Phi) is 12.1. The number of hydrogen-bond donors (Lipinski definition) is 8. The molecule has 0 aliphatic rings. The number of para-hydroxylation sites is 1. The molecule has 0 bridgehead atoms. The van der Waals surface area contributed by atoms with E-state index >= 15 is 0 Å². The molecule has 3 rings (SSSR count). The summed E-state index contributed by atoms with van der Waals surface area (Å²) in [5.74, 6) is -3.36. The zero-order valence-corrected chi connectivity index (χ0v) is 24.5. The molecule has 0 spiro atoms. The Morgan fingerprint density at radius 3 is 2.19 bits per heavy atom. The third kappa shape index (κ3) is 9.55. The number of carbonyl (C=O) groups is 4. The predicted octanol–water partition coefficient (Wildman–Crippen LogP) is 1.31. The van der Waals surface area contributed by atoms with Gasteiger partial charge < -0.3 is 42.6 Å². The van der Waals surface area contributed by atoms with E-state index in [0.29, 0.717) is 24.9 Å². The Bertz CT molecular complexity index is 1390. The quantitative estimate of drug-likeness (QED) is 0.113. The first-order valence-corrected chi connectivity index (χ1v) is 14.4. The summed E-state index contributed by atoms with van der Waals surface area (Å²) in [5, 5.41) is 28.1. The third-order valence-corrected chi connectivity index (χ3v) is 7.27. The molecular weight excluding hydrogens is 552 g/mol. The van der Waals surface area contributed by atoms with Gasteiger partial charge in [-0.3, -0.25) is 14.4 Å². The van der Waals surface area contributed by atoms with E-state index in [1.807, 2.05) is 24.3 Å². The van der Waals surface area contributed by atoms with E-state index in [9.17, 15) is 29.4 Å². The van der Waals surface area contributed by atoms with Crippen molar-refractivity contribution in [2.75, 3.05) is 6.54 Å². The molecule has 0 saturated carbocycles. The first kappa shape index (κ1) is 33.1. The van der Waals surface area contributed by atoms with Gasteiger partial charge in [0.05, 0.1) is 6.04 Å². The van der Waals surface area contributed by atoms with Crippen molar-refractivity contribution in [1.82, 2.24) is 20.9 Å². The maximum atomic E-state index is 13.4. The second-order valence-electron chi connectivity index (χ2n) is 11.0. The number of rotatable bonds is 16. The monoisotopic (exact) mass is 594 g/mol. The summed E-state index contributed by atoms with van der Waals surface area (Å²) >= 11 is 0. The lowest BCUT2D eigenvalue weighted by Crippen LogP contribution is -2.58. The molecule has 10 N–H and O–H groups in total. The minimum Gasteiger partial charge on any atom is -0.508 e. The normalized spacial score (nSPS) is 14.1. The molecule has 1 aromatic heterocycles. The Morgan fingerprint density at radius 1 is 0.860 bits per heavy atom. The number of aliphatic carboxylic acids is 1. The molecule has 2 aromatic carbocycles. The van der Waals surface area contributed by atoms with E-state index in [-0.39, 0.29) is 25.0 Å². The summed E-state index contributed by atoms with van der Waals surface area (Å²) in [4.78, 5) is 54.8. The molecule has 0 fully saturated rings. The second-order valence-corrected chi connectivity index (χ2v) is 11.0. The van der Waals surface area contributed by atoms with Gasteiger partial charge in [-0.2, -0.15) is 0 Å². The highest BCUT2D eigenvalue weighted by Gasteiger charge is 2.32. The summed E-state index contributed by atoms with van der Waals surface area (Å²) in [6.07, 6.45) is 3.50. The predicted molar refractivity (Wildman–Crippen MR) is 163 cm³/mol. The molecule has 43 heavy (non-hydrogen) atoms. The number of aromatic hydroxyl groups is 1. The number of amides is 3. The average Bonchev–Trinajstić information content (AvgIpc) is 3.38. The maximum Gasteiger partial charge on any atom is 0.326 e. The first-order chi connectivity index (χ1) is 20.5. The van der Waals surface area contributed by atoms with Crippen molar-refractivity contribution < 1.29 is 29.4 Å². The lowest BCUT2D eigenvalue weighted by Gasteiger charge is -2.27. The minimum absolute atomic E-state index is 0.0216. The molecule has 3 aromatic rings. The highest BCUT2D eigenvalue weighted by molar-refractivity contribution is 5.94. The second kappa shape index (κ2) is 15.7. The van der Waals surface area contributed by atoms with Gasteiger partial charge in [0.15, 0.2) is 0 Å². The molecule has 0 saturated heterocycles. The van der Waals surface area contributed by atoms with Crippen LogP contribution in [0.4, 0.5) is 0 Å². The van der Waals surface area contributed by atoms with Gasteiger partial charge in [-0.15, -0.1) is 0 Å². The number of aromatic amines is 1. The van der Waals surface area contributed by atoms with Crippen LogP contribution in [-0.4, -0.2) is 69.6 Å². The number of aromatic nitrogens is 1. The van der Waals surface area contributed by atoms with E-state index in [1.165, 1.54) is 12.1 Å². The van der Waals surface area contributed by atoms with Crippen LogP contribution in [0.1, 0.15) is 44.2 Å². The number of phenols is 1. The Morgan fingerprint density at radius 2 is 1.53 bits per heavy atom. The molecule has 12 nitrogen and oxygen atoms in total. The van der Waals surface area contributed by atoms with Gasteiger partial charge >= 0.3 is 5.97 Å². The van der Waals surface area contributed by atoms with Crippen molar-refractivity contribution in [2.45, 2.75) is 70.1 Å². The Balaban J connectivity index is 1.68. The van der Waals surface area contributed by atoms with Gasteiger partial charge in [-0.25, -0.2) is 4.79 Å².